The molecule has 0 radical (unpaired) electrons. The average molecular weight is 563 g/mol. The number of hydroxylamine groups is 2. The molecule has 0 bridgehead atoms. The number of amides is 2. The summed E-state index contributed by atoms with van der Waals surface area (Å²) in [5, 5.41) is 17.0. The summed E-state index contributed by atoms with van der Waals surface area (Å²) in [6.45, 7) is 8.57. The fraction of sp³-hybridized carbons (Fsp3) is 0.393. The molecule has 4 aromatic rings. The van der Waals surface area contributed by atoms with E-state index in [9.17, 15) is 14.8 Å². The predicted octanol–water partition coefficient (Wildman–Crippen LogP) is 3.32. The normalized spacial score (nSPS) is 15.8. The third-order valence-electron chi connectivity index (χ3n) is 7.62. The lowest BCUT2D eigenvalue weighted by molar-refractivity contribution is -0.162. The summed E-state index contributed by atoms with van der Waals surface area (Å²) in [4.78, 5) is 40.8. The maximum absolute atomic E-state index is 12.9. The third kappa shape index (κ3) is 5.05. The number of pyridine rings is 1. The van der Waals surface area contributed by atoms with Gasteiger partial charge in [-0.25, -0.2) is 19.5 Å². The van der Waals surface area contributed by atoms with Crippen LogP contribution in [0.2, 0.25) is 0 Å². The number of hydrogen-bond acceptors (Lipinski definition) is 9. The molecule has 3 N–H and O–H groups in total. The highest BCUT2D eigenvalue weighted by atomic mass is 32.1. The van der Waals surface area contributed by atoms with Crippen molar-refractivity contribution in [3.63, 3.8) is 0 Å². The number of likely N-dealkylation sites (N-methyl/N-ethyl adjacent to an activating group) is 2. The molecular formula is C28H34N8O3S. The SMILES string of the molecule is CCN(CC)[C@@H](C)Cc1c(C(N)=O)cc(-c2cnn3ccc(-c4cccs4)nc23)nc1N1CC[C@H]1C(=O)N(C)O. The van der Waals surface area contributed by atoms with Crippen molar-refractivity contribution in [1.82, 2.24) is 29.5 Å². The highest BCUT2D eigenvalue weighted by Crippen LogP contribution is 2.36. The van der Waals surface area contributed by atoms with E-state index in [0.717, 1.165) is 23.7 Å². The minimum atomic E-state index is -0.589. The summed E-state index contributed by atoms with van der Waals surface area (Å²) in [5.41, 5.74) is 9.56. The van der Waals surface area contributed by atoms with Crippen LogP contribution in [0.4, 0.5) is 5.82 Å². The fourth-order valence-corrected chi connectivity index (χ4v) is 6.05. The molecule has 0 saturated carbocycles. The van der Waals surface area contributed by atoms with E-state index in [2.05, 4.69) is 30.8 Å². The lowest BCUT2D eigenvalue weighted by Crippen LogP contribution is -2.57. The molecule has 2 amide bonds. The highest BCUT2D eigenvalue weighted by molar-refractivity contribution is 7.13. The van der Waals surface area contributed by atoms with Gasteiger partial charge in [-0.1, -0.05) is 19.9 Å². The van der Waals surface area contributed by atoms with Crippen LogP contribution in [0.5, 0.6) is 0 Å². The zero-order valence-corrected chi connectivity index (χ0v) is 23.9. The molecule has 5 heterocycles. The number of primary amides is 1. The molecule has 1 saturated heterocycles. The summed E-state index contributed by atoms with van der Waals surface area (Å²) in [6.07, 6.45) is 4.60. The summed E-state index contributed by atoms with van der Waals surface area (Å²) in [6, 6.07) is 7.11. The van der Waals surface area contributed by atoms with Gasteiger partial charge in [0.1, 0.15) is 11.9 Å². The zero-order chi connectivity index (χ0) is 28.6. The van der Waals surface area contributed by atoms with E-state index in [1.165, 1.54) is 7.05 Å². The molecule has 40 heavy (non-hydrogen) atoms. The number of nitrogens with zero attached hydrogens (tertiary/aromatic N) is 7. The summed E-state index contributed by atoms with van der Waals surface area (Å²) in [5.74, 6) is -0.483. The minimum absolute atomic E-state index is 0.0995. The largest absolute Gasteiger partial charge is 0.366 e. The lowest BCUT2D eigenvalue weighted by atomic mass is 9.94. The number of nitrogens with two attached hydrogens (primary N) is 1. The van der Waals surface area contributed by atoms with Crippen LogP contribution in [0.15, 0.2) is 42.0 Å². The van der Waals surface area contributed by atoms with Gasteiger partial charge in [-0.3, -0.25) is 14.8 Å². The van der Waals surface area contributed by atoms with Crippen molar-refractivity contribution >= 4 is 34.6 Å². The number of rotatable bonds is 10. The van der Waals surface area contributed by atoms with Crippen LogP contribution in [0.3, 0.4) is 0 Å². The van der Waals surface area contributed by atoms with E-state index in [1.54, 1.807) is 28.1 Å². The quantitative estimate of drug-likeness (QED) is 0.222. The van der Waals surface area contributed by atoms with Gasteiger partial charge in [0, 0.05) is 37.0 Å². The molecule has 0 aliphatic carbocycles. The van der Waals surface area contributed by atoms with E-state index in [4.69, 9.17) is 15.7 Å². The molecule has 11 nitrogen and oxygen atoms in total. The van der Waals surface area contributed by atoms with Crippen molar-refractivity contribution in [2.24, 2.45) is 5.73 Å². The average Bonchev–Trinajstić information content (AvgIpc) is 3.59. The molecule has 1 aliphatic heterocycles. The summed E-state index contributed by atoms with van der Waals surface area (Å²) in [7, 11) is 1.32. The van der Waals surface area contributed by atoms with Gasteiger partial charge in [0.2, 0.25) is 5.91 Å². The first-order chi connectivity index (χ1) is 19.2. The van der Waals surface area contributed by atoms with Crippen LogP contribution >= 0.6 is 11.3 Å². The summed E-state index contributed by atoms with van der Waals surface area (Å²) < 4.78 is 1.67. The van der Waals surface area contributed by atoms with E-state index >= 15 is 0 Å². The van der Waals surface area contributed by atoms with Gasteiger partial charge in [-0.05, 0) is 56.4 Å². The van der Waals surface area contributed by atoms with Gasteiger partial charge in [-0.15, -0.1) is 11.3 Å². The topological polar surface area (TPSA) is 133 Å². The lowest BCUT2D eigenvalue weighted by Gasteiger charge is -2.43. The fourth-order valence-electron chi connectivity index (χ4n) is 5.35. The first-order valence-corrected chi connectivity index (χ1v) is 14.3. The standard InChI is InChI=1S/C28H34N8O3S/c1-5-34(6-2)17(3)14-19-18(25(29)37)15-22(32-26(19)35-11-10-23(35)28(38)33(4)39)20-16-30-36-12-9-21(31-27(20)36)24-8-7-13-40-24/h7-9,12-13,15-17,23,39H,5-6,10-11,14H2,1-4H3,(H2,29,37)/t17-,23-/m0/s1. The number of thiophene rings is 1. The molecule has 0 unspecified atom stereocenters. The van der Waals surface area contributed by atoms with E-state index in [0.29, 0.717) is 58.3 Å². The number of hydrogen-bond donors (Lipinski definition) is 2. The first-order valence-electron chi connectivity index (χ1n) is 13.4. The Balaban J connectivity index is 1.67. The predicted molar refractivity (Wildman–Crippen MR) is 154 cm³/mol. The molecule has 0 spiro atoms. The van der Waals surface area contributed by atoms with Crippen LogP contribution in [0, 0.1) is 0 Å². The third-order valence-corrected chi connectivity index (χ3v) is 8.51. The molecule has 4 aromatic heterocycles. The number of carbonyl (C=O) groups excluding carboxylic acids is 2. The van der Waals surface area contributed by atoms with Crippen LogP contribution < -0.4 is 10.6 Å². The van der Waals surface area contributed by atoms with Gasteiger partial charge in [0.25, 0.3) is 5.91 Å². The molecule has 0 aromatic carbocycles. The number of anilines is 1. The number of aromatic nitrogens is 4. The Kier molecular flexibility index (Phi) is 7.83. The van der Waals surface area contributed by atoms with Crippen molar-refractivity contribution in [2.45, 2.75) is 45.7 Å². The van der Waals surface area contributed by atoms with Gasteiger partial charge in [0.15, 0.2) is 5.65 Å². The van der Waals surface area contributed by atoms with E-state index in [-0.39, 0.29) is 6.04 Å². The Labute approximate surface area is 236 Å². The molecule has 5 rings (SSSR count). The van der Waals surface area contributed by atoms with Crippen molar-refractivity contribution in [2.75, 3.05) is 31.6 Å². The molecule has 1 aliphatic rings. The van der Waals surface area contributed by atoms with Crippen molar-refractivity contribution < 1.29 is 14.8 Å². The van der Waals surface area contributed by atoms with Crippen molar-refractivity contribution in [3.05, 3.63) is 53.2 Å². The monoisotopic (exact) mass is 562 g/mol. The van der Waals surface area contributed by atoms with Gasteiger partial charge in [-0.2, -0.15) is 5.10 Å². The van der Waals surface area contributed by atoms with Gasteiger partial charge < -0.3 is 15.5 Å². The molecule has 12 heteroatoms. The zero-order valence-electron chi connectivity index (χ0n) is 23.1. The second-order valence-corrected chi connectivity index (χ2v) is 10.9. The Morgan fingerprint density at radius 1 is 1.23 bits per heavy atom. The van der Waals surface area contributed by atoms with Crippen LogP contribution in [0.25, 0.3) is 27.5 Å². The van der Waals surface area contributed by atoms with E-state index < -0.39 is 17.9 Å². The highest BCUT2D eigenvalue weighted by Gasteiger charge is 2.39. The van der Waals surface area contributed by atoms with Crippen LogP contribution in [0.1, 0.15) is 43.1 Å². The molecule has 210 valence electrons. The number of carbonyl (C=O) groups is 2. The molecular weight excluding hydrogens is 528 g/mol. The Morgan fingerprint density at radius 2 is 2.00 bits per heavy atom. The van der Waals surface area contributed by atoms with E-state index in [1.807, 2.05) is 34.7 Å². The Morgan fingerprint density at radius 3 is 2.60 bits per heavy atom. The van der Waals surface area contributed by atoms with Gasteiger partial charge >= 0.3 is 0 Å². The Bertz CT molecular complexity index is 1530. The second kappa shape index (κ2) is 11.3. The number of fused-ring (bicyclic) bond motifs is 1. The van der Waals surface area contributed by atoms with Gasteiger partial charge in [0.05, 0.1) is 28.0 Å². The Hall–Kier alpha value is -3.87. The molecule has 2 atom stereocenters. The first kappa shape index (κ1) is 27.7. The second-order valence-electron chi connectivity index (χ2n) is 9.97. The van der Waals surface area contributed by atoms with Crippen LogP contribution in [-0.4, -0.2) is 85.3 Å². The smallest absolute Gasteiger partial charge is 0.268 e. The summed E-state index contributed by atoms with van der Waals surface area (Å²) >= 11 is 1.59. The maximum atomic E-state index is 12.9. The molecule has 1 fully saturated rings. The van der Waals surface area contributed by atoms with Crippen LogP contribution in [-0.2, 0) is 11.2 Å². The van der Waals surface area contributed by atoms with Crippen molar-refractivity contribution in [3.8, 4) is 21.8 Å². The van der Waals surface area contributed by atoms with Crippen molar-refractivity contribution in [1.29, 1.82) is 0 Å². The minimum Gasteiger partial charge on any atom is -0.366 e. The maximum Gasteiger partial charge on any atom is 0.268 e.